The van der Waals surface area contributed by atoms with Crippen LogP contribution in [0.1, 0.15) is 13.8 Å². The van der Waals surface area contributed by atoms with Crippen molar-refractivity contribution < 1.29 is 14.6 Å². The van der Waals surface area contributed by atoms with Crippen molar-refractivity contribution in [1.82, 2.24) is 0 Å². The first kappa shape index (κ1) is 11.3. The molecule has 3 nitrogen and oxygen atoms in total. The van der Waals surface area contributed by atoms with Crippen molar-refractivity contribution in [1.29, 1.82) is 0 Å². The number of aliphatic hydroxyl groups is 1. The molecule has 0 aromatic heterocycles. The Morgan fingerprint density at radius 3 is 2.50 bits per heavy atom. The quantitative estimate of drug-likeness (QED) is 0.710. The minimum Gasteiger partial charge on any atom is -0.493 e. The standard InChI is InChI=1S/C10H13ClO3/c1-5-7(4-11)8(12)6(2)10(14-3)9(5)13/h8,12H,4H2,1-3H3. The van der Waals surface area contributed by atoms with Gasteiger partial charge in [0.1, 0.15) is 6.10 Å². The fourth-order valence-corrected chi connectivity index (χ4v) is 1.86. The number of aliphatic hydroxyl groups excluding tert-OH is 1. The van der Waals surface area contributed by atoms with E-state index in [4.69, 9.17) is 16.3 Å². The molecule has 0 heterocycles. The third-order valence-electron chi connectivity index (χ3n) is 2.47. The Morgan fingerprint density at radius 1 is 1.50 bits per heavy atom. The highest BCUT2D eigenvalue weighted by atomic mass is 35.5. The fourth-order valence-electron chi connectivity index (χ4n) is 1.51. The van der Waals surface area contributed by atoms with Gasteiger partial charge in [-0.3, -0.25) is 4.79 Å². The maximum Gasteiger partial charge on any atom is 0.223 e. The number of Topliss-reactive ketones (excluding diaryl/α,β-unsaturated/α-hetero) is 1. The van der Waals surface area contributed by atoms with Gasteiger partial charge in [0, 0.05) is 17.0 Å². The van der Waals surface area contributed by atoms with Gasteiger partial charge in [-0.25, -0.2) is 0 Å². The number of allylic oxidation sites excluding steroid dienone is 1. The van der Waals surface area contributed by atoms with Gasteiger partial charge in [-0.2, -0.15) is 0 Å². The van der Waals surface area contributed by atoms with E-state index in [2.05, 4.69) is 0 Å². The van der Waals surface area contributed by atoms with Crippen LogP contribution >= 0.6 is 11.6 Å². The topological polar surface area (TPSA) is 46.5 Å². The summed E-state index contributed by atoms with van der Waals surface area (Å²) in [6.07, 6.45) is -0.792. The number of rotatable bonds is 2. The summed E-state index contributed by atoms with van der Waals surface area (Å²) in [4.78, 5) is 11.7. The first-order valence-corrected chi connectivity index (χ1v) is 4.81. The first-order valence-electron chi connectivity index (χ1n) is 4.27. The maximum atomic E-state index is 11.7. The molecule has 1 aliphatic carbocycles. The number of ketones is 1. The van der Waals surface area contributed by atoms with Crippen molar-refractivity contribution in [2.75, 3.05) is 13.0 Å². The van der Waals surface area contributed by atoms with Crippen molar-refractivity contribution >= 4 is 17.4 Å². The smallest absolute Gasteiger partial charge is 0.223 e. The Kier molecular flexibility index (Phi) is 3.34. The normalized spacial score (nSPS) is 23.2. The van der Waals surface area contributed by atoms with Gasteiger partial charge in [-0.15, -0.1) is 11.6 Å². The average Bonchev–Trinajstić information content (AvgIpc) is 2.17. The zero-order valence-corrected chi connectivity index (χ0v) is 9.18. The molecule has 14 heavy (non-hydrogen) atoms. The highest BCUT2D eigenvalue weighted by Crippen LogP contribution is 2.28. The second kappa shape index (κ2) is 4.15. The number of ether oxygens (including phenoxy) is 1. The van der Waals surface area contributed by atoms with Gasteiger partial charge in [-0.1, -0.05) is 0 Å². The molecule has 1 unspecified atom stereocenters. The van der Waals surface area contributed by atoms with Crippen LogP contribution in [0.5, 0.6) is 0 Å². The minimum absolute atomic E-state index is 0.160. The van der Waals surface area contributed by atoms with Gasteiger partial charge in [0.25, 0.3) is 0 Å². The van der Waals surface area contributed by atoms with Crippen molar-refractivity contribution in [2.45, 2.75) is 20.0 Å². The van der Waals surface area contributed by atoms with E-state index in [1.165, 1.54) is 7.11 Å². The number of carbonyl (C=O) groups excluding carboxylic acids is 1. The summed E-state index contributed by atoms with van der Waals surface area (Å²) in [5.74, 6) is 0.197. The molecule has 0 spiro atoms. The van der Waals surface area contributed by atoms with Crippen LogP contribution in [0, 0.1) is 0 Å². The Bertz CT molecular complexity index is 328. The number of halogens is 1. The lowest BCUT2D eigenvalue weighted by atomic mass is 9.89. The molecule has 1 rings (SSSR count). The van der Waals surface area contributed by atoms with E-state index in [9.17, 15) is 9.90 Å². The Hall–Kier alpha value is -0.800. The zero-order valence-electron chi connectivity index (χ0n) is 8.43. The third kappa shape index (κ3) is 1.57. The van der Waals surface area contributed by atoms with Crippen LogP contribution in [-0.4, -0.2) is 30.0 Å². The summed E-state index contributed by atoms with van der Waals surface area (Å²) in [5, 5.41) is 9.79. The number of alkyl halides is 1. The summed E-state index contributed by atoms with van der Waals surface area (Å²) < 4.78 is 4.94. The first-order chi connectivity index (χ1) is 6.54. The highest BCUT2D eigenvalue weighted by Gasteiger charge is 2.30. The molecule has 0 aromatic rings. The Morgan fingerprint density at radius 2 is 2.07 bits per heavy atom. The Labute approximate surface area is 88.0 Å². The second-order valence-corrected chi connectivity index (χ2v) is 3.50. The minimum atomic E-state index is -0.792. The summed E-state index contributed by atoms with van der Waals surface area (Å²) >= 11 is 5.66. The van der Waals surface area contributed by atoms with E-state index >= 15 is 0 Å². The molecule has 1 N–H and O–H groups in total. The molecule has 0 aromatic carbocycles. The molecule has 0 saturated carbocycles. The SMILES string of the molecule is COC1=C(C)C(O)C(CCl)=C(C)C1=O. The number of methoxy groups -OCH3 is 1. The second-order valence-electron chi connectivity index (χ2n) is 3.23. The van der Waals surface area contributed by atoms with E-state index in [1.807, 2.05) is 0 Å². The lowest BCUT2D eigenvalue weighted by Gasteiger charge is -2.24. The van der Waals surface area contributed by atoms with Crippen LogP contribution in [0.2, 0.25) is 0 Å². The van der Waals surface area contributed by atoms with Gasteiger partial charge >= 0.3 is 0 Å². The predicted molar refractivity (Wildman–Crippen MR) is 54.1 cm³/mol. The van der Waals surface area contributed by atoms with Crippen LogP contribution in [0.3, 0.4) is 0 Å². The fraction of sp³-hybridized carbons (Fsp3) is 0.500. The van der Waals surface area contributed by atoms with Gasteiger partial charge in [0.15, 0.2) is 5.76 Å². The number of hydrogen-bond donors (Lipinski definition) is 1. The third-order valence-corrected chi connectivity index (χ3v) is 2.76. The van der Waals surface area contributed by atoms with Crippen molar-refractivity contribution in [2.24, 2.45) is 0 Å². The van der Waals surface area contributed by atoms with Crippen LogP contribution in [0.15, 0.2) is 22.5 Å². The maximum absolute atomic E-state index is 11.7. The van der Waals surface area contributed by atoms with Gasteiger partial charge in [-0.05, 0) is 19.4 Å². The largest absolute Gasteiger partial charge is 0.493 e. The lowest BCUT2D eigenvalue weighted by molar-refractivity contribution is -0.115. The van der Waals surface area contributed by atoms with E-state index in [1.54, 1.807) is 13.8 Å². The van der Waals surface area contributed by atoms with E-state index < -0.39 is 6.10 Å². The summed E-state index contributed by atoms with van der Waals surface area (Å²) in [6, 6.07) is 0. The van der Waals surface area contributed by atoms with E-state index in [0.717, 1.165) is 0 Å². The molecule has 0 saturated heterocycles. The highest BCUT2D eigenvalue weighted by molar-refractivity contribution is 6.21. The predicted octanol–water partition coefficient (Wildman–Crippen LogP) is 1.41. The molecule has 0 aliphatic heterocycles. The van der Waals surface area contributed by atoms with Crippen LogP contribution in [0.4, 0.5) is 0 Å². The van der Waals surface area contributed by atoms with Gasteiger partial charge in [0.2, 0.25) is 5.78 Å². The molecule has 1 aliphatic rings. The molecule has 0 radical (unpaired) electrons. The molecule has 0 amide bonds. The van der Waals surface area contributed by atoms with E-state index in [-0.39, 0.29) is 17.4 Å². The molecule has 0 bridgehead atoms. The van der Waals surface area contributed by atoms with Crippen molar-refractivity contribution in [3.63, 3.8) is 0 Å². The molecular weight excluding hydrogens is 204 g/mol. The Balaban J connectivity index is 3.21. The molecule has 0 fully saturated rings. The summed E-state index contributed by atoms with van der Waals surface area (Å²) in [5.41, 5.74) is 1.57. The monoisotopic (exact) mass is 216 g/mol. The molecule has 1 atom stereocenters. The number of hydrogen-bond acceptors (Lipinski definition) is 3. The van der Waals surface area contributed by atoms with Crippen LogP contribution in [-0.2, 0) is 9.53 Å². The molecular formula is C10H13ClO3. The average molecular weight is 217 g/mol. The van der Waals surface area contributed by atoms with Crippen LogP contribution < -0.4 is 0 Å². The van der Waals surface area contributed by atoms with Gasteiger partial charge < -0.3 is 9.84 Å². The molecule has 4 heteroatoms. The summed E-state index contributed by atoms with van der Waals surface area (Å²) in [6.45, 7) is 3.31. The van der Waals surface area contributed by atoms with Gasteiger partial charge in [0.05, 0.1) is 7.11 Å². The van der Waals surface area contributed by atoms with Crippen molar-refractivity contribution in [3.8, 4) is 0 Å². The summed E-state index contributed by atoms with van der Waals surface area (Å²) in [7, 11) is 1.42. The van der Waals surface area contributed by atoms with E-state index in [0.29, 0.717) is 16.7 Å². The lowest BCUT2D eigenvalue weighted by Crippen LogP contribution is -2.27. The van der Waals surface area contributed by atoms with Crippen LogP contribution in [0.25, 0.3) is 0 Å². The zero-order chi connectivity index (χ0) is 10.9. The molecule has 78 valence electrons. The number of carbonyl (C=O) groups is 1. The van der Waals surface area contributed by atoms with Crippen molar-refractivity contribution in [3.05, 3.63) is 22.5 Å².